The Kier molecular flexibility index (Phi) is 4.91. The molecule has 0 fully saturated rings. The molecule has 0 saturated carbocycles. The minimum atomic E-state index is 0.554. The molecule has 1 aromatic carbocycles. The van der Waals surface area contributed by atoms with Crippen molar-refractivity contribution in [2.24, 2.45) is 0 Å². The van der Waals surface area contributed by atoms with Gasteiger partial charge >= 0.3 is 0 Å². The van der Waals surface area contributed by atoms with E-state index < -0.39 is 0 Å². The van der Waals surface area contributed by atoms with E-state index in [0.29, 0.717) is 5.92 Å². The number of likely N-dealkylation sites (N-methyl/N-ethyl adjacent to an activating group) is 1. The van der Waals surface area contributed by atoms with Gasteiger partial charge in [-0.1, -0.05) is 36.4 Å². The summed E-state index contributed by atoms with van der Waals surface area (Å²) >= 11 is 0. The summed E-state index contributed by atoms with van der Waals surface area (Å²) in [6.45, 7) is 1.01. The molecule has 0 bridgehead atoms. The van der Waals surface area contributed by atoms with Crippen LogP contribution < -0.4 is 5.32 Å². The van der Waals surface area contributed by atoms with Gasteiger partial charge in [-0.25, -0.2) is 0 Å². The average molecular weight is 240 g/mol. The van der Waals surface area contributed by atoms with Crippen molar-refractivity contribution in [3.8, 4) is 0 Å². The number of benzene rings is 1. The lowest BCUT2D eigenvalue weighted by Crippen LogP contribution is -2.18. The van der Waals surface area contributed by atoms with Gasteiger partial charge in [0.2, 0.25) is 0 Å². The molecule has 0 aliphatic heterocycles. The van der Waals surface area contributed by atoms with Crippen LogP contribution in [0.15, 0.2) is 54.7 Å². The Morgan fingerprint density at radius 1 is 1.06 bits per heavy atom. The van der Waals surface area contributed by atoms with E-state index >= 15 is 0 Å². The first kappa shape index (κ1) is 12.8. The van der Waals surface area contributed by atoms with Crippen LogP contribution in [0.3, 0.4) is 0 Å². The van der Waals surface area contributed by atoms with E-state index in [4.69, 9.17) is 0 Å². The number of nitrogens with one attached hydrogen (secondary N) is 1. The first-order chi connectivity index (χ1) is 8.90. The summed E-state index contributed by atoms with van der Waals surface area (Å²) in [6, 6.07) is 16.8. The fourth-order valence-electron chi connectivity index (χ4n) is 2.23. The molecular weight excluding hydrogens is 220 g/mol. The molecule has 94 valence electrons. The maximum Gasteiger partial charge on any atom is 0.0403 e. The van der Waals surface area contributed by atoms with Crippen molar-refractivity contribution in [2.75, 3.05) is 13.6 Å². The molecule has 2 aromatic rings. The van der Waals surface area contributed by atoms with Gasteiger partial charge in [0, 0.05) is 18.4 Å². The van der Waals surface area contributed by atoms with Crippen LogP contribution in [0.25, 0.3) is 0 Å². The summed E-state index contributed by atoms with van der Waals surface area (Å²) in [7, 11) is 2.01. The molecular formula is C16H20N2. The number of aromatic nitrogens is 1. The van der Waals surface area contributed by atoms with Crippen LogP contribution in [0.2, 0.25) is 0 Å². The molecule has 0 saturated heterocycles. The smallest absolute Gasteiger partial charge is 0.0403 e. The maximum atomic E-state index is 4.38. The zero-order valence-electron chi connectivity index (χ0n) is 10.8. The van der Waals surface area contributed by atoms with Crippen molar-refractivity contribution in [3.63, 3.8) is 0 Å². The number of pyridine rings is 1. The van der Waals surface area contributed by atoms with E-state index in [1.54, 1.807) is 0 Å². The second-order valence-corrected chi connectivity index (χ2v) is 4.53. The van der Waals surface area contributed by atoms with E-state index in [1.165, 1.54) is 11.3 Å². The lowest BCUT2D eigenvalue weighted by Gasteiger charge is -2.16. The summed E-state index contributed by atoms with van der Waals surface area (Å²) < 4.78 is 0. The summed E-state index contributed by atoms with van der Waals surface area (Å²) in [6.07, 6.45) is 4.02. The van der Waals surface area contributed by atoms with Crippen LogP contribution in [0.5, 0.6) is 0 Å². The Morgan fingerprint density at radius 3 is 2.50 bits per heavy atom. The molecule has 0 radical (unpaired) electrons. The molecule has 0 amide bonds. The Morgan fingerprint density at radius 2 is 1.83 bits per heavy atom. The molecule has 2 heteroatoms. The average Bonchev–Trinajstić information content (AvgIpc) is 2.45. The van der Waals surface area contributed by atoms with Gasteiger partial charge in [-0.15, -0.1) is 0 Å². The molecule has 0 aliphatic carbocycles. The van der Waals surface area contributed by atoms with Gasteiger partial charge in [0.1, 0.15) is 0 Å². The summed E-state index contributed by atoms with van der Waals surface area (Å²) in [5, 5.41) is 3.28. The number of hydrogen-bond donors (Lipinski definition) is 1. The van der Waals surface area contributed by atoms with Crippen LogP contribution in [0.4, 0.5) is 0 Å². The van der Waals surface area contributed by atoms with E-state index in [0.717, 1.165) is 19.4 Å². The fourth-order valence-corrected chi connectivity index (χ4v) is 2.23. The lowest BCUT2D eigenvalue weighted by molar-refractivity contribution is 0.580. The Labute approximate surface area is 109 Å². The second-order valence-electron chi connectivity index (χ2n) is 4.53. The molecule has 0 aliphatic rings. The highest BCUT2D eigenvalue weighted by Crippen LogP contribution is 2.20. The Balaban J connectivity index is 1.99. The van der Waals surface area contributed by atoms with Crippen molar-refractivity contribution >= 4 is 0 Å². The van der Waals surface area contributed by atoms with Gasteiger partial charge in [-0.2, -0.15) is 0 Å². The van der Waals surface area contributed by atoms with Gasteiger partial charge in [0.25, 0.3) is 0 Å². The fraction of sp³-hybridized carbons (Fsp3) is 0.312. The van der Waals surface area contributed by atoms with Gasteiger partial charge in [0.15, 0.2) is 0 Å². The van der Waals surface area contributed by atoms with Crippen molar-refractivity contribution in [1.29, 1.82) is 0 Å². The number of nitrogens with zero attached hydrogens (tertiary/aromatic N) is 1. The van der Waals surface area contributed by atoms with Gasteiger partial charge in [0.05, 0.1) is 0 Å². The third-order valence-corrected chi connectivity index (χ3v) is 3.20. The minimum Gasteiger partial charge on any atom is -0.319 e. The minimum absolute atomic E-state index is 0.554. The molecule has 1 aromatic heterocycles. The molecule has 2 rings (SSSR count). The highest BCUT2D eigenvalue weighted by molar-refractivity contribution is 5.20. The van der Waals surface area contributed by atoms with Crippen molar-refractivity contribution < 1.29 is 0 Å². The number of aryl methyl sites for hydroxylation is 1. The molecule has 0 spiro atoms. The van der Waals surface area contributed by atoms with E-state index in [1.807, 2.05) is 19.3 Å². The van der Waals surface area contributed by atoms with E-state index in [2.05, 4.69) is 52.8 Å². The third kappa shape index (κ3) is 3.67. The van der Waals surface area contributed by atoms with Crippen LogP contribution in [0, 0.1) is 0 Å². The first-order valence-electron chi connectivity index (χ1n) is 6.49. The highest BCUT2D eigenvalue weighted by atomic mass is 14.8. The Hall–Kier alpha value is -1.67. The maximum absolute atomic E-state index is 4.38. The van der Waals surface area contributed by atoms with Crippen LogP contribution in [0.1, 0.15) is 23.6 Å². The summed E-state index contributed by atoms with van der Waals surface area (Å²) in [5.41, 5.74) is 2.58. The van der Waals surface area contributed by atoms with Crippen molar-refractivity contribution in [1.82, 2.24) is 10.3 Å². The van der Waals surface area contributed by atoms with Gasteiger partial charge in [-0.3, -0.25) is 4.98 Å². The van der Waals surface area contributed by atoms with Crippen LogP contribution in [-0.2, 0) is 6.42 Å². The quantitative estimate of drug-likeness (QED) is 0.839. The summed E-state index contributed by atoms with van der Waals surface area (Å²) in [4.78, 5) is 4.38. The largest absolute Gasteiger partial charge is 0.319 e. The molecule has 18 heavy (non-hydrogen) atoms. The predicted molar refractivity (Wildman–Crippen MR) is 75.7 cm³/mol. The van der Waals surface area contributed by atoms with E-state index in [-0.39, 0.29) is 0 Å². The molecule has 1 atom stereocenters. The van der Waals surface area contributed by atoms with Crippen molar-refractivity contribution in [3.05, 3.63) is 66.0 Å². The highest BCUT2D eigenvalue weighted by Gasteiger charge is 2.10. The van der Waals surface area contributed by atoms with Crippen molar-refractivity contribution in [2.45, 2.75) is 18.8 Å². The normalized spacial score (nSPS) is 12.3. The SMILES string of the molecule is CNCC(CCc1ccccn1)c1ccccc1. The van der Waals surface area contributed by atoms with Gasteiger partial charge in [-0.05, 0) is 43.5 Å². The predicted octanol–water partition coefficient (Wildman–Crippen LogP) is 3.02. The standard InChI is InChI=1S/C16H20N2/c1-17-13-15(14-7-3-2-4-8-14)10-11-16-9-5-6-12-18-16/h2-9,12,15,17H,10-11,13H2,1H3. The monoisotopic (exact) mass is 240 g/mol. The topological polar surface area (TPSA) is 24.9 Å². The number of rotatable bonds is 6. The zero-order valence-corrected chi connectivity index (χ0v) is 10.8. The summed E-state index contributed by atoms with van der Waals surface area (Å²) in [5.74, 6) is 0.554. The molecule has 1 heterocycles. The second kappa shape index (κ2) is 6.92. The van der Waals surface area contributed by atoms with Crippen LogP contribution in [-0.4, -0.2) is 18.6 Å². The third-order valence-electron chi connectivity index (χ3n) is 3.20. The van der Waals surface area contributed by atoms with Crippen LogP contribution >= 0.6 is 0 Å². The Bertz CT molecular complexity index is 439. The molecule has 1 unspecified atom stereocenters. The van der Waals surface area contributed by atoms with Gasteiger partial charge < -0.3 is 5.32 Å². The van der Waals surface area contributed by atoms with E-state index in [9.17, 15) is 0 Å². The first-order valence-corrected chi connectivity index (χ1v) is 6.49. The molecule has 2 nitrogen and oxygen atoms in total. The number of hydrogen-bond acceptors (Lipinski definition) is 2. The molecule has 1 N–H and O–H groups in total. The zero-order chi connectivity index (χ0) is 12.6. The lowest BCUT2D eigenvalue weighted by atomic mass is 9.93.